The third-order valence-corrected chi connectivity index (χ3v) is 3.51. The second-order valence-electron chi connectivity index (χ2n) is 5.66. The SMILES string of the molecule is CC(C)N(CCC(=O)O)C(=O)/C=C/c1cnn(-c2ccccc2)c1. The van der Waals surface area contributed by atoms with E-state index in [4.69, 9.17) is 5.11 Å². The smallest absolute Gasteiger partial charge is 0.305 e. The van der Waals surface area contributed by atoms with Crippen LogP contribution in [0.25, 0.3) is 11.8 Å². The lowest BCUT2D eigenvalue weighted by atomic mass is 10.2. The Bertz CT molecular complexity index is 720. The molecule has 1 heterocycles. The van der Waals surface area contributed by atoms with Gasteiger partial charge in [-0.2, -0.15) is 5.10 Å². The average Bonchev–Trinajstić information content (AvgIpc) is 3.02. The molecule has 1 N–H and O–H groups in total. The summed E-state index contributed by atoms with van der Waals surface area (Å²) in [6.45, 7) is 3.92. The summed E-state index contributed by atoms with van der Waals surface area (Å²) in [5.41, 5.74) is 1.74. The zero-order valence-corrected chi connectivity index (χ0v) is 13.8. The van der Waals surface area contributed by atoms with Gasteiger partial charge in [-0.05, 0) is 32.1 Å². The van der Waals surface area contributed by atoms with Gasteiger partial charge in [-0.15, -0.1) is 0 Å². The third kappa shape index (κ3) is 4.81. The summed E-state index contributed by atoms with van der Waals surface area (Å²) in [6.07, 6.45) is 6.58. The van der Waals surface area contributed by atoms with E-state index < -0.39 is 5.97 Å². The van der Waals surface area contributed by atoms with Gasteiger partial charge < -0.3 is 10.0 Å². The van der Waals surface area contributed by atoms with Crippen molar-refractivity contribution in [3.63, 3.8) is 0 Å². The lowest BCUT2D eigenvalue weighted by Crippen LogP contribution is -2.37. The predicted octanol–water partition coefficient (Wildman–Crippen LogP) is 2.60. The quantitative estimate of drug-likeness (QED) is 0.793. The summed E-state index contributed by atoms with van der Waals surface area (Å²) in [5, 5.41) is 13.0. The van der Waals surface area contributed by atoms with Crippen LogP contribution in [-0.2, 0) is 9.59 Å². The van der Waals surface area contributed by atoms with Crippen molar-refractivity contribution in [1.82, 2.24) is 14.7 Å². The molecule has 0 saturated heterocycles. The number of aliphatic carboxylic acids is 1. The van der Waals surface area contributed by atoms with E-state index >= 15 is 0 Å². The number of carboxylic acids is 1. The minimum absolute atomic E-state index is 0.0615. The molecule has 0 bridgehead atoms. The summed E-state index contributed by atoms with van der Waals surface area (Å²) in [5.74, 6) is -1.12. The van der Waals surface area contributed by atoms with E-state index in [1.165, 1.54) is 11.0 Å². The van der Waals surface area contributed by atoms with Crippen LogP contribution in [0.2, 0.25) is 0 Å². The minimum Gasteiger partial charge on any atom is -0.481 e. The first-order valence-electron chi connectivity index (χ1n) is 7.78. The highest BCUT2D eigenvalue weighted by Gasteiger charge is 2.15. The Morgan fingerprint density at radius 3 is 2.62 bits per heavy atom. The van der Waals surface area contributed by atoms with Crippen LogP contribution in [0.1, 0.15) is 25.8 Å². The molecule has 6 nitrogen and oxygen atoms in total. The molecule has 0 radical (unpaired) electrons. The number of aromatic nitrogens is 2. The molecule has 1 aromatic carbocycles. The van der Waals surface area contributed by atoms with Crippen molar-refractivity contribution in [3.05, 3.63) is 54.4 Å². The largest absolute Gasteiger partial charge is 0.481 e. The van der Waals surface area contributed by atoms with Crippen molar-refractivity contribution < 1.29 is 14.7 Å². The molecule has 24 heavy (non-hydrogen) atoms. The van der Waals surface area contributed by atoms with E-state index in [9.17, 15) is 9.59 Å². The van der Waals surface area contributed by atoms with Gasteiger partial charge in [-0.3, -0.25) is 9.59 Å². The van der Waals surface area contributed by atoms with Crippen LogP contribution in [0.3, 0.4) is 0 Å². The molecule has 0 saturated carbocycles. The van der Waals surface area contributed by atoms with Crippen LogP contribution in [0.4, 0.5) is 0 Å². The number of nitrogens with zero attached hydrogens (tertiary/aromatic N) is 3. The normalized spacial score (nSPS) is 11.1. The zero-order valence-electron chi connectivity index (χ0n) is 13.8. The second kappa shape index (κ2) is 8.10. The van der Waals surface area contributed by atoms with Gasteiger partial charge >= 0.3 is 5.97 Å². The molecule has 126 valence electrons. The van der Waals surface area contributed by atoms with Gasteiger partial charge in [-0.1, -0.05) is 18.2 Å². The fourth-order valence-electron chi connectivity index (χ4n) is 2.25. The van der Waals surface area contributed by atoms with Gasteiger partial charge in [0.2, 0.25) is 5.91 Å². The third-order valence-electron chi connectivity index (χ3n) is 3.51. The first kappa shape index (κ1) is 17.5. The maximum absolute atomic E-state index is 12.3. The molecule has 2 rings (SSSR count). The van der Waals surface area contributed by atoms with Gasteiger partial charge in [0.15, 0.2) is 0 Å². The molecule has 1 aromatic heterocycles. The van der Waals surface area contributed by atoms with Crippen LogP contribution in [0.5, 0.6) is 0 Å². The number of benzene rings is 1. The topological polar surface area (TPSA) is 75.4 Å². The Hall–Kier alpha value is -2.89. The Morgan fingerprint density at radius 1 is 1.29 bits per heavy atom. The monoisotopic (exact) mass is 327 g/mol. The molecule has 0 aliphatic heterocycles. The molecule has 0 atom stereocenters. The van der Waals surface area contributed by atoms with Crippen molar-refractivity contribution in [2.24, 2.45) is 0 Å². The zero-order chi connectivity index (χ0) is 17.5. The molecule has 1 amide bonds. The van der Waals surface area contributed by atoms with Gasteiger partial charge in [-0.25, -0.2) is 4.68 Å². The number of carbonyl (C=O) groups is 2. The number of para-hydroxylation sites is 1. The number of carbonyl (C=O) groups excluding carboxylic acids is 1. The van der Waals surface area contributed by atoms with Crippen LogP contribution < -0.4 is 0 Å². The molecule has 0 aliphatic rings. The molecular weight excluding hydrogens is 306 g/mol. The summed E-state index contributed by atoms with van der Waals surface area (Å²) in [7, 11) is 0. The van der Waals surface area contributed by atoms with Gasteiger partial charge in [0.1, 0.15) is 0 Å². The fraction of sp³-hybridized carbons (Fsp3) is 0.278. The van der Waals surface area contributed by atoms with Crippen molar-refractivity contribution in [2.45, 2.75) is 26.3 Å². The predicted molar refractivity (Wildman–Crippen MR) is 91.7 cm³/mol. The lowest BCUT2D eigenvalue weighted by Gasteiger charge is -2.24. The van der Waals surface area contributed by atoms with E-state index in [1.54, 1.807) is 17.0 Å². The number of amides is 1. The highest BCUT2D eigenvalue weighted by Crippen LogP contribution is 2.09. The Morgan fingerprint density at radius 2 is 2.00 bits per heavy atom. The molecule has 6 heteroatoms. The maximum Gasteiger partial charge on any atom is 0.305 e. The van der Waals surface area contributed by atoms with Gasteiger partial charge in [0, 0.05) is 30.4 Å². The van der Waals surface area contributed by atoms with Gasteiger partial charge in [0.25, 0.3) is 0 Å². The molecule has 0 spiro atoms. The van der Waals surface area contributed by atoms with E-state index in [0.717, 1.165) is 11.3 Å². The second-order valence-corrected chi connectivity index (χ2v) is 5.66. The van der Waals surface area contributed by atoms with E-state index in [0.29, 0.717) is 0 Å². The fourth-order valence-corrected chi connectivity index (χ4v) is 2.25. The van der Waals surface area contributed by atoms with Crippen molar-refractivity contribution >= 4 is 18.0 Å². The van der Waals surface area contributed by atoms with Crippen LogP contribution in [0, 0.1) is 0 Å². The highest BCUT2D eigenvalue weighted by atomic mass is 16.4. The average molecular weight is 327 g/mol. The Labute approximate surface area is 141 Å². The van der Waals surface area contributed by atoms with E-state index in [-0.39, 0.29) is 24.9 Å². The highest BCUT2D eigenvalue weighted by molar-refractivity contribution is 5.92. The summed E-state index contributed by atoms with van der Waals surface area (Å²) in [4.78, 5) is 24.5. The maximum atomic E-state index is 12.3. The number of hydrogen-bond donors (Lipinski definition) is 1. The van der Waals surface area contributed by atoms with E-state index in [1.807, 2.05) is 50.4 Å². The molecule has 0 fully saturated rings. The number of carboxylic acid groups (broad SMARTS) is 1. The van der Waals surface area contributed by atoms with Crippen LogP contribution in [-0.4, -0.2) is 44.3 Å². The molecule has 0 unspecified atom stereocenters. The first-order chi connectivity index (χ1) is 11.5. The molecule has 2 aromatic rings. The van der Waals surface area contributed by atoms with Crippen molar-refractivity contribution in [1.29, 1.82) is 0 Å². The Balaban J connectivity index is 2.05. The Kier molecular flexibility index (Phi) is 5.89. The van der Waals surface area contributed by atoms with Crippen molar-refractivity contribution in [2.75, 3.05) is 6.54 Å². The molecular formula is C18H21N3O3. The van der Waals surface area contributed by atoms with Crippen molar-refractivity contribution in [3.8, 4) is 5.69 Å². The first-order valence-corrected chi connectivity index (χ1v) is 7.78. The summed E-state index contributed by atoms with van der Waals surface area (Å²) < 4.78 is 1.73. The standard InChI is InChI=1S/C18H21N3O3/c1-14(2)20(11-10-18(23)24)17(22)9-8-15-12-19-21(13-15)16-6-4-3-5-7-16/h3-9,12-14H,10-11H2,1-2H3,(H,23,24)/b9-8+. The number of rotatable bonds is 7. The summed E-state index contributed by atoms with van der Waals surface area (Å²) >= 11 is 0. The van der Waals surface area contributed by atoms with E-state index in [2.05, 4.69) is 5.10 Å². The van der Waals surface area contributed by atoms with Crippen LogP contribution >= 0.6 is 0 Å². The minimum atomic E-state index is -0.915. The van der Waals surface area contributed by atoms with Gasteiger partial charge in [0.05, 0.1) is 18.3 Å². The number of hydrogen-bond acceptors (Lipinski definition) is 3. The van der Waals surface area contributed by atoms with Crippen LogP contribution in [0.15, 0.2) is 48.8 Å². The summed E-state index contributed by atoms with van der Waals surface area (Å²) in [6, 6.07) is 9.62. The lowest BCUT2D eigenvalue weighted by molar-refractivity contribution is -0.138. The molecule has 0 aliphatic carbocycles.